The first kappa shape index (κ1) is 24.2. The molecule has 1 aliphatic rings. The molecule has 2 N–H and O–H groups in total. The Kier molecular flexibility index (Phi) is 7.13. The van der Waals surface area contributed by atoms with Crippen LogP contribution < -0.4 is 15.5 Å². The zero-order chi connectivity index (χ0) is 25.1. The topological polar surface area (TPSA) is 71.4 Å². The van der Waals surface area contributed by atoms with Crippen LogP contribution in [0.15, 0.2) is 95.7 Å². The minimum atomic E-state index is -0.205. The second kappa shape index (κ2) is 10.6. The number of aromatic nitrogens is 2. The van der Waals surface area contributed by atoms with E-state index in [1.165, 1.54) is 7.11 Å². The first-order valence-electron chi connectivity index (χ1n) is 11.4. The van der Waals surface area contributed by atoms with E-state index >= 15 is 0 Å². The maximum Gasteiger partial charge on any atom is 0.250 e. The fraction of sp³-hybridized carbons (Fsp3) is 0.148. The van der Waals surface area contributed by atoms with E-state index in [1.54, 1.807) is 6.20 Å². The number of methoxy groups -OCH3 is 1. The Morgan fingerprint density at radius 1 is 1.06 bits per heavy atom. The molecule has 4 aromatic rings. The molecule has 1 amide bonds. The minimum absolute atomic E-state index is 0.00274. The molecule has 0 bridgehead atoms. The molecule has 2 aromatic heterocycles. The Morgan fingerprint density at radius 3 is 2.50 bits per heavy atom. The summed E-state index contributed by atoms with van der Waals surface area (Å²) in [6.45, 7) is 0.00274. The first-order chi connectivity index (χ1) is 17.5. The normalized spacial score (nSPS) is 17.2. The van der Waals surface area contributed by atoms with Crippen molar-refractivity contribution in [1.82, 2.24) is 14.9 Å². The second-order valence-corrected chi connectivity index (χ2v) is 9.61. The SMILES string of the molecule is COCC(=O)Nc1ccc(N2C(=S)N[C@@H](c3ccccn3)[C@@H]2c2cccn2-c2ccc(Br)cc2)cc1. The first-order valence-corrected chi connectivity index (χ1v) is 12.6. The van der Waals surface area contributed by atoms with Crippen LogP contribution in [0.4, 0.5) is 11.4 Å². The number of pyridine rings is 1. The van der Waals surface area contributed by atoms with E-state index in [2.05, 4.69) is 65.4 Å². The number of halogens is 1. The van der Waals surface area contributed by atoms with Gasteiger partial charge in [0, 0.05) is 46.7 Å². The summed E-state index contributed by atoms with van der Waals surface area (Å²) >= 11 is 9.38. The summed E-state index contributed by atoms with van der Waals surface area (Å²) in [5, 5.41) is 6.93. The van der Waals surface area contributed by atoms with Gasteiger partial charge in [-0.3, -0.25) is 9.78 Å². The number of benzene rings is 2. The molecule has 1 saturated heterocycles. The fourth-order valence-corrected chi connectivity index (χ4v) is 5.05. The third-order valence-corrected chi connectivity index (χ3v) is 6.83. The van der Waals surface area contributed by atoms with E-state index in [4.69, 9.17) is 17.0 Å². The van der Waals surface area contributed by atoms with Crippen molar-refractivity contribution in [3.8, 4) is 5.69 Å². The van der Waals surface area contributed by atoms with Crippen molar-refractivity contribution >= 4 is 50.5 Å². The lowest BCUT2D eigenvalue weighted by molar-refractivity contribution is -0.119. The standard InChI is InChI=1S/C27H24BrN5O2S/c1-35-17-24(34)30-19-9-13-21(14-10-19)33-26(25(31-27(33)36)22-5-2-3-15-29-22)23-6-4-16-32(23)20-11-7-18(28)8-12-20/h2-16,25-26H,17H2,1H3,(H,30,34)(H,31,36)/t25-,26-/m0/s1. The maximum absolute atomic E-state index is 11.9. The monoisotopic (exact) mass is 561 g/mol. The van der Waals surface area contributed by atoms with Crippen LogP contribution in [0, 0.1) is 0 Å². The van der Waals surface area contributed by atoms with E-state index in [9.17, 15) is 4.79 Å². The largest absolute Gasteiger partial charge is 0.375 e. The second-order valence-electron chi connectivity index (χ2n) is 8.30. The molecule has 0 unspecified atom stereocenters. The van der Waals surface area contributed by atoms with Crippen LogP contribution in [0.3, 0.4) is 0 Å². The maximum atomic E-state index is 11.9. The summed E-state index contributed by atoms with van der Waals surface area (Å²) in [6.07, 6.45) is 3.85. The quantitative estimate of drug-likeness (QED) is 0.294. The van der Waals surface area contributed by atoms with Crippen molar-refractivity contribution < 1.29 is 9.53 Å². The van der Waals surface area contributed by atoms with Gasteiger partial charge in [-0.1, -0.05) is 22.0 Å². The van der Waals surface area contributed by atoms with E-state index in [0.29, 0.717) is 10.8 Å². The lowest BCUT2D eigenvalue weighted by atomic mass is 10.0. The molecule has 1 aliphatic heterocycles. The molecule has 9 heteroatoms. The Balaban J connectivity index is 1.55. The molecule has 2 atom stereocenters. The number of rotatable bonds is 7. The summed E-state index contributed by atoms with van der Waals surface area (Å²) in [7, 11) is 1.49. The van der Waals surface area contributed by atoms with Crippen molar-refractivity contribution in [2.45, 2.75) is 12.1 Å². The summed E-state index contributed by atoms with van der Waals surface area (Å²) in [5.41, 5.74) is 4.61. The van der Waals surface area contributed by atoms with Crippen LogP contribution in [0.1, 0.15) is 23.5 Å². The number of thiocarbonyl (C=S) groups is 1. The van der Waals surface area contributed by atoms with Crippen molar-refractivity contribution in [1.29, 1.82) is 0 Å². The van der Waals surface area contributed by atoms with E-state index in [-0.39, 0.29) is 24.6 Å². The highest BCUT2D eigenvalue weighted by atomic mass is 79.9. The van der Waals surface area contributed by atoms with Gasteiger partial charge in [-0.2, -0.15) is 0 Å². The Bertz CT molecular complexity index is 1360. The highest BCUT2D eigenvalue weighted by Gasteiger charge is 2.42. The van der Waals surface area contributed by atoms with Gasteiger partial charge in [0.1, 0.15) is 12.6 Å². The van der Waals surface area contributed by atoms with Gasteiger partial charge in [0.25, 0.3) is 0 Å². The van der Waals surface area contributed by atoms with Crippen LogP contribution >= 0.6 is 28.1 Å². The van der Waals surface area contributed by atoms with E-state index in [1.807, 2.05) is 60.7 Å². The van der Waals surface area contributed by atoms with Gasteiger partial charge in [-0.15, -0.1) is 0 Å². The highest BCUT2D eigenvalue weighted by Crippen LogP contribution is 2.42. The number of nitrogens with zero attached hydrogens (tertiary/aromatic N) is 3. The number of ether oxygens (including phenoxy) is 1. The zero-order valence-corrected chi connectivity index (χ0v) is 21.9. The van der Waals surface area contributed by atoms with Crippen LogP contribution in [0.5, 0.6) is 0 Å². The predicted octanol–water partition coefficient (Wildman–Crippen LogP) is 5.40. The van der Waals surface area contributed by atoms with Crippen molar-refractivity contribution in [3.05, 3.63) is 107 Å². The summed E-state index contributed by atoms with van der Waals surface area (Å²) in [5.74, 6) is -0.205. The molecular formula is C27H24BrN5O2S. The third-order valence-electron chi connectivity index (χ3n) is 5.99. The molecule has 0 radical (unpaired) electrons. The van der Waals surface area contributed by atoms with E-state index < -0.39 is 0 Å². The Hall–Kier alpha value is -3.53. The molecular weight excluding hydrogens is 538 g/mol. The fourth-order valence-electron chi connectivity index (χ4n) is 4.44. The molecule has 0 spiro atoms. The van der Waals surface area contributed by atoms with Crippen molar-refractivity contribution in [2.75, 3.05) is 23.9 Å². The number of carbonyl (C=O) groups excluding carboxylic acids is 1. The number of carbonyl (C=O) groups is 1. The van der Waals surface area contributed by atoms with Crippen molar-refractivity contribution in [2.24, 2.45) is 0 Å². The summed E-state index contributed by atoms with van der Waals surface area (Å²) < 4.78 is 8.10. The number of nitrogens with one attached hydrogen (secondary N) is 2. The van der Waals surface area contributed by atoms with Gasteiger partial charge in [-0.25, -0.2) is 0 Å². The Labute approximate surface area is 223 Å². The number of hydrogen-bond acceptors (Lipinski definition) is 4. The van der Waals surface area contributed by atoms with Crippen LogP contribution in [-0.2, 0) is 9.53 Å². The number of anilines is 2. The van der Waals surface area contributed by atoms with Crippen LogP contribution in [-0.4, -0.2) is 34.3 Å². The number of hydrogen-bond donors (Lipinski definition) is 2. The van der Waals surface area contributed by atoms with Crippen LogP contribution in [0.2, 0.25) is 0 Å². The van der Waals surface area contributed by atoms with Gasteiger partial charge in [-0.05, 0) is 85.0 Å². The smallest absolute Gasteiger partial charge is 0.250 e. The molecule has 7 nitrogen and oxygen atoms in total. The van der Waals surface area contributed by atoms with Crippen LogP contribution in [0.25, 0.3) is 5.69 Å². The molecule has 182 valence electrons. The van der Waals surface area contributed by atoms with E-state index in [0.717, 1.165) is 27.2 Å². The average Bonchev–Trinajstić information content (AvgIpc) is 3.50. The van der Waals surface area contributed by atoms with Crippen molar-refractivity contribution in [3.63, 3.8) is 0 Å². The lowest BCUT2D eigenvalue weighted by Crippen LogP contribution is -2.30. The van der Waals surface area contributed by atoms with Gasteiger partial charge in [0.15, 0.2) is 5.11 Å². The molecule has 1 fully saturated rings. The highest BCUT2D eigenvalue weighted by molar-refractivity contribution is 9.10. The number of amides is 1. The summed E-state index contributed by atoms with van der Waals surface area (Å²) in [4.78, 5) is 18.7. The third kappa shape index (κ3) is 4.90. The van der Waals surface area contributed by atoms with Gasteiger partial charge >= 0.3 is 0 Å². The predicted molar refractivity (Wildman–Crippen MR) is 148 cm³/mol. The average molecular weight is 562 g/mol. The molecule has 5 rings (SSSR count). The van der Waals surface area contributed by atoms with Gasteiger partial charge < -0.3 is 24.8 Å². The lowest BCUT2D eigenvalue weighted by Gasteiger charge is -2.29. The molecule has 0 saturated carbocycles. The minimum Gasteiger partial charge on any atom is -0.375 e. The van der Waals surface area contributed by atoms with Gasteiger partial charge in [0.2, 0.25) is 5.91 Å². The molecule has 0 aliphatic carbocycles. The summed E-state index contributed by atoms with van der Waals surface area (Å²) in [6, 6.07) is 25.6. The molecule has 2 aromatic carbocycles. The zero-order valence-electron chi connectivity index (χ0n) is 19.5. The molecule has 3 heterocycles. The Morgan fingerprint density at radius 2 is 1.81 bits per heavy atom. The molecule has 36 heavy (non-hydrogen) atoms. The van der Waals surface area contributed by atoms with Gasteiger partial charge in [0.05, 0.1) is 11.7 Å².